The molecule has 4 rings (SSSR count). The molecule has 12 heteroatoms. The normalized spacial score (nSPS) is 12.3. The minimum absolute atomic E-state index is 0.429. The molecule has 0 spiro atoms. The van der Waals surface area contributed by atoms with Crippen molar-refractivity contribution in [2.24, 2.45) is 0 Å². The third kappa shape index (κ3) is 8.20. The van der Waals surface area contributed by atoms with Gasteiger partial charge in [-0.15, -0.1) is 0 Å². The van der Waals surface area contributed by atoms with E-state index >= 15 is 0 Å². The van der Waals surface area contributed by atoms with Gasteiger partial charge in [0.05, 0.1) is 0 Å². The maximum Gasteiger partial charge on any atom is 0.515 e. The summed E-state index contributed by atoms with van der Waals surface area (Å²) in [5.74, 6) is -8.58. The third-order valence-electron chi connectivity index (χ3n) is 5.10. The first-order valence-corrected chi connectivity index (χ1v) is 13.5. The smallest absolute Gasteiger partial charge is 0.457 e. The molecule has 0 saturated carbocycles. The zero-order chi connectivity index (χ0) is 29.5. The summed E-state index contributed by atoms with van der Waals surface area (Å²) in [4.78, 5) is 0. The molecule has 0 aromatic heterocycles. The van der Waals surface area contributed by atoms with Crippen molar-refractivity contribution in [2.45, 2.75) is 5.75 Å². The molecule has 2 nitrogen and oxygen atoms in total. The summed E-state index contributed by atoms with van der Waals surface area (Å²) in [7, 11) is -2.26. The number of rotatable bonds is 5. The summed E-state index contributed by atoms with van der Waals surface area (Å²) in [5, 5.41) is 2.92. The Morgan fingerprint density at radius 3 is 1.62 bits per heavy atom. The molecule has 0 bridgehead atoms. The minimum atomic E-state index is -6.30. The lowest BCUT2D eigenvalue weighted by Gasteiger charge is -2.17. The van der Waals surface area contributed by atoms with Crippen LogP contribution in [0.3, 0.4) is 0 Å². The number of para-hydroxylation sites is 1. The van der Waals surface area contributed by atoms with E-state index in [-0.39, 0.29) is 0 Å². The molecule has 1 atom stereocenters. The predicted octanol–water partition coefficient (Wildman–Crippen LogP) is 7.55. The maximum absolute atomic E-state index is 12.7. The molecule has 0 heterocycles. The molecule has 0 amide bonds. The van der Waals surface area contributed by atoms with Gasteiger partial charge in [-0.3, -0.25) is 0 Å². The van der Waals surface area contributed by atoms with E-state index in [2.05, 4.69) is 11.2 Å². The summed E-state index contributed by atoms with van der Waals surface area (Å²) < 4.78 is 116. The summed E-state index contributed by atoms with van der Waals surface area (Å²) in [6.07, 6.45) is 1.71. The summed E-state index contributed by atoms with van der Waals surface area (Å²) in [6.45, 7) is -6.30. The lowest BCUT2D eigenvalue weighted by Crippen LogP contribution is -2.41. The van der Waals surface area contributed by atoms with Crippen molar-refractivity contribution in [3.8, 4) is 22.7 Å². The van der Waals surface area contributed by atoms with E-state index in [0.717, 1.165) is 22.6 Å². The van der Waals surface area contributed by atoms with Crippen molar-refractivity contribution in [3.05, 3.63) is 125 Å². The molecule has 4 aromatic carbocycles. The Morgan fingerprint density at radius 1 is 0.675 bits per heavy atom. The average Bonchev–Trinajstić information content (AvgIpc) is 2.92. The Bertz CT molecular complexity index is 1540. The van der Waals surface area contributed by atoms with Crippen LogP contribution in [0.5, 0.6) is 11.5 Å². The highest BCUT2D eigenvalue weighted by Crippen LogP contribution is 2.23. The number of halogens is 8. The lowest BCUT2D eigenvalue weighted by atomic mass is 9.79. The van der Waals surface area contributed by atoms with E-state index in [4.69, 9.17) is 4.74 Å². The molecule has 0 aliphatic rings. The van der Waals surface area contributed by atoms with Crippen LogP contribution in [0.15, 0.2) is 84.9 Å². The third-order valence-corrected chi connectivity index (χ3v) is 6.52. The number of hydrogen-bond donors (Lipinski definition) is 0. The lowest BCUT2D eigenvalue weighted by molar-refractivity contribution is 0.377. The molecule has 0 aliphatic carbocycles. The fraction of sp³-hybridized carbons (Fsp3) is 0.0714. The van der Waals surface area contributed by atoms with Crippen LogP contribution in [-0.2, 0) is 19.9 Å². The van der Waals surface area contributed by atoms with Crippen molar-refractivity contribution in [3.63, 3.8) is 0 Å². The van der Waals surface area contributed by atoms with Crippen LogP contribution in [0.25, 0.3) is 0 Å². The highest BCUT2D eigenvalue weighted by molar-refractivity contribution is 8.05. The van der Waals surface area contributed by atoms with E-state index in [9.17, 15) is 39.1 Å². The standard InChI is InChI=1S/C22H19O2S.C6BF8/c1-25(23,17-16-19-8-4-2-5-9-19)18-20-12-14-22(15-13-20)24-21-10-6-3-7-11-21;8-2-1(7(13,14)15)3(9)5(11)6(12)4(2)10/h2-15H,18H2,1H3;/q+1;-1. The van der Waals surface area contributed by atoms with Crippen LogP contribution in [0, 0.1) is 40.3 Å². The van der Waals surface area contributed by atoms with Crippen molar-refractivity contribution in [1.29, 1.82) is 0 Å². The highest BCUT2D eigenvalue weighted by atomic mass is 32.2. The Kier molecular flexibility index (Phi) is 9.76. The van der Waals surface area contributed by atoms with E-state index in [1.807, 2.05) is 84.9 Å². The van der Waals surface area contributed by atoms with Gasteiger partial charge in [0, 0.05) is 11.1 Å². The first kappa shape index (κ1) is 30.4. The predicted molar refractivity (Wildman–Crippen MR) is 139 cm³/mol. The Hall–Kier alpha value is -4.11. The zero-order valence-corrected chi connectivity index (χ0v) is 21.4. The number of hydrogen-bond acceptors (Lipinski definition) is 2. The molecule has 1 unspecified atom stereocenters. The number of benzene rings is 4. The molecule has 40 heavy (non-hydrogen) atoms. The topological polar surface area (TPSA) is 26.3 Å². The van der Waals surface area contributed by atoms with Gasteiger partial charge in [-0.25, -0.2) is 22.0 Å². The summed E-state index contributed by atoms with van der Waals surface area (Å²) in [5.41, 5.74) is -0.870. The van der Waals surface area contributed by atoms with Crippen molar-refractivity contribution in [2.75, 3.05) is 6.26 Å². The second-order valence-corrected chi connectivity index (χ2v) is 10.9. The van der Waals surface area contributed by atoms with Gasteiger partial charge >= 0.3 is 6.98 Å². The van der Waals surface area contributed by atoms with Crippen LogP contribution in [-0.4, -0.2) is 13.2 Å². The van der Waals surface area contributed by atoms with E-state index < -0.39 is 51.5 Å². The molecule has 208 valence electrons. The Balaban J connectivity index is 0.000000252. The minimum Gasteiger partial charge on any atom is -0.457 e. The Morgan fingerprint density at radius 2 is 1.12 bits per heavy atom. The fourth-order valence-corrected chi connectivity index (χ4v) is 4.46. The average molecular weight is 582 g/mol. The first-order chi connectivity index (χ1) is 18.8. The van der Waals surface area contributed by atoms with Crippen molar-refractivity contribution < 1.29 is 43.8 Å². The molecule has 0 radical (unpaired) electrons. The first-order valence-electron chi connectivity index (χ1n) is 11.4. The van der Waals surface area contributed by atoms with E-state index in [1.54, 1.807) is 6.26 Å². The van der Waals surface area contributed by atoms with Crippen LogP contribution in [0.4, 0.5) is 34.9 Å². The maximum atomic E-state index is 12.7. The van der Waals surface area contributed by atoms with Crippen LogP contribution >= 0.6 is 0 Å². The quantitative estimate of drug-likeness (QED) is 0.0607. The van der Waals surface area contributed by atoms with Crippen LogP contribution in [0.1, 0.15) is 11.1 Å². The second kappa shape index (κ2) is 12.8. The van der Waals surface area contributed by atoms with Gasteiger partial charge in [-0.1, -0.05) is 52.7 Å². The molecule has 0 saturated heterocycles. The van der Waals surface area contributed by atoms with Crippen molar-refractivity contribution in [1.82, 2.24) is 0 Å². The second-order valence-electron chi connectivity index (χ2n) is 8.36. The molecule has 0 fully saturated rings. The van der Waals surface area contributed by atoms with Gasteiger partial charge in [-0.05, 0) is 47.8 Å². The molecular weight excluding hydrogens is 563 g/mol. The Labute approximate surface area is 226 Å². The molecule has 0 aliphatic heterocycles. The van der Waals surface area contributed by atoms with Gasteiger partial charge < -0.3 is 17.7 Å². The monoisotopic (exact) mass is 582 g/mol. The van der Waals surface area contributed by atoms with Gasteiger partial charge in [-0.2, -0.15) is 0 Å². The van der Waals surface area contributed by atoms with E-state index in [1.165, 1.54) is 0 Å². The van der Waals surface area contributed by atoms with Gasteiger partial charge in [0.25, 0.3) is 0 Å². The highest BCUT2D eigenvalue weighted by Gasteiger charge is 2.37. The SMILES string of the molecule is C[S+](=O)(C#Cc1ccccc1)Cc1ccc(Oc2ccccc2)cc1.Fc1c(F)c(F)c([B-](F)(F)F)c(F)c1F. The van der Waals surface area contributed by atoms with Crippen LogP contribution in [0.2, 0.25) is 0 Å². The fourth-order valence-electron chi connectivity index (χ4n) is 3.23. The molecular formula is C28H19BF8O2S. The largest absolute Gasteiger partial charge is 0.515 e. The van der Waals surface area contributed by atoms with Gasteiger partial charge in [0.15, 0.2) is 32.6 Å². The van der Waals surface area contributed by atoms with Crippen molar-refractivity contribution >= 4 is 22.4 Å². The zero-order valence-electron chi connectivity index (χ0n) is 20.6. The molecule has 0 N–H and O–H groups in total. The van der Waals surface area contributed by atoms with Gasteiger partial charge in [0.2, 0.25) is 0 Å². The summed E-state index contributed by atoms with van der Waals surface area (Å²) in [6, 6.07) is 26.9. The summed E-state index contributed by atoms with van der Waals surface area (Å²) >= 11 is 0. The van der Waals surface area contributed by atoms with Gasteiger partial charge in [0.1, 0.15) is 35.1 Å². The van der Waals surface area contributed by atoms with E-state index in [0.29, 0.717) is 5.75 Å². The van der Waals surface area contributed by atoms with Crippen LogP contribution < -0.4 is 10.2 Å². The number of ether oxygens (including phenoxy) is 1. The molecule has 4 aromatic rings.